The first-order chi connectivity index (χ1) is 7.40. The molecule has 0 amide bonds. The second-order valence-corrected chi connectivity index (χ2v) is 5.06. The number of carbonyl (C=O) groups is 1. The Balaban J connectivity index is 2.97. The molecule has 1 N–H and O–H groups in total. The topological polar surface area (TPSA) is 50.4 Å². The lowest BCUT2D eigenvalue weighted by Gasteiger charge is -2.06. The van der Waals surface area contributed by atoms with Gasteiger partial charge in [-0.1, -0.05) is 27.7 Å². The van der Waals surface area contributed by atoms with Crippen molar-refractivity contribution in [1.29, 1.82) is 0 Å². The third-order valence-electron chi connectivity index (χ3n) is 2.33. The Hall–Kier alpha value is -1.25. The van der Waals surface area contributed by atoms with E-state index < -0.39 is 5.97 Å². The zero-order chi connectivity index (χ0) is 12.3. The van der Waals surface area contributed by atoms with E-state index in [9.17, 15) is 4.79 Å². The number of aromatic carboxylic acids is 1. The first-order valence-corrected chi connectivity index (χ1v) is 5.75. The van der Waals surface area contributed by atoms with Gasteiger partial charge in [-0.05, 0) is 29.9 Å². The van der Waals surface area contributed by atoms with E-state index in [-0.39, 0.29) is 5.76 Å². The lowest BCUT2D eigenvalue weighted by molar-refractivity contribution is 0.0660. The molecule has 0 saturated heterocycles. The Morgan fingerprint density at radius 1 is 1.25 bits per heavy atom. The Labute approximate surface area is 96.5 Å². The lowest BCUT2D eigenvalue weighted by Crippen LogP contribution is -1.99. The molecule has 90 valence electrons. The molecule has 0 fully saturated rings. The molecule has 0 saturated carbocycles. The van der Waals surface area contributed by atoms with E-state index >= 15 is 0 Å². The van der Waals surface area contributed by atoms with Crippen molar-refractivity contribution in [3.63, 3.8) is 0 Å². The molecule has 3 nitrogen and oxygen atoms in total. The minimum atomic E-state index is -0.986. The van der Waals surface area contributed by atoms with Crippen molar-refractivity contribution in [1.82, 2.24) is 0 Å². The summed E-state index contributed by atoms with van der Waals surface area (Å²) in [6, 6.07) is 1.67. The van der Waals surface area contributed by atoms with Gasteiger partial charge in [0.2, 0.25) is 5.76 Å². The standard InChI is InChI=1S/C13H20O3/c1-8(2)5-10-7-12(13(14)15)16-11(10)6-9(3)4/h7-9H,5-6H2,1-4H3,(H,14,15). The summed E-state index contributed by atoms with van der Waals surface area (Å²) in [5.41, 5.74) is 1.04. The zero-order valence-electron chi connectivity index (χ0n) is 10.4. The van der Waals surface area contributed by atoms with Crippen molar-refractivity contribution in [3.05, 3.63) is 23.2 Å². The van der Waals surface area contributed by atoms with E-state index in [1.807, 2.05) is 0 Å². The predicted octanol–water partition coefficient (Wildman–Crippen LogP) is 3.37. The van der Waals surface area contributed by atoms with Crippen molar-refractivity contribution < 1.29 is 14.3 Å². The van der Waals surface area contributed by atoms with Gasteiger partial charge >= 0.3 is 5.97 Å². The maximum Gasteiger partial charge on any atom is 0.371 e. The van der Waals surface area contributed by atoms with Gasteiger partial charge < -0.3 is 9.52 Å². The highest BCUT2D eigenvalue weighted by atomic mass is 16.4. The van der Waals surface area contributed by atoms with Crippen LogP contribution in [0.2, 0.25) is 0 Å². The molecule has 0 atom stereocenters. The monoisotopic (exact) mass is 224 g/mol. The summed E-state index contributed by atoms with van der Waals surface area (Å²) in [7, 11) is 0. The summed E-state index contributed by atoms with van der Waals surface area (Å²) in [5.74, 6) is 0.885. The Morgan fingerprint density at radius 2 is 1.81 bits per heavy atom. The quantitative estimate of drug-likeness (QED) is 0.834. The summed E-state index contributed by atoms with van der Waals surface area (Å²) < 4.78 is 5.39. The van der Waals surface area contributed by atoms with E-state index in [1.54, 1.807) is 6.07 Å². The van der Waals surface area contributed by atoms with Crippen molar-refractivity contribution in [2.24, 2.45) is 11.8 Å². The maximum atomic E-state index is 10.8. The molecule has 0 radical (unpaired) electrons. The van der Waals surface area contributed by atoms with Crippen molar-refractivity contribution in [2.75, 3.05) is 0 Å². The second kappa shape index (κ2) is 5.19. The molecular weight excluding hydrogens is 204 g/mol. The van der Waals surface area contributed by atoms with Gasteiger partial charge in [-0.3, -0.25) is 0 Å². The van der Waals surface area contributed by atoms with Crippen LogP contribution in [-0.4, -0.2) is 11.1 Å². The van der Waals surface area contributed by atoms with Gasteiger partial charge in [-0.2, -0.15) is 0 Å². The van der Waals surface area contributed by atoms with Crippen LogP contribution in [0.25, 0.3) is 0 Å². The molecule has 0 aliphatic heterocycles. The number of hydrogen-bond acceptors (Lipinski definition) is 2. The molecule has 1 aromatic heterocycles. The molecule has 0 aliphatic rings. The van der Waals surface area contributed by atoms with Crippen molar-refractivity contribution in [2.45, 2.75) is 40.5 Å². The first-order valence-electron chi connectivity index (χ1n) is 5.75. The van der Waals surface area contributed by atoms with E-state index in [2.05, 4.69) is 27.7 Å². The third kappa shape index (κ3) is 3.40. The first kappa shape index (κ1) is 12.8. The summed E-state index contributed by atoms with van der Waals surface area (Å²) in [6.07, 6.45) is 1.67. The molecule has 0 bridgehead atoms. The largest absolute Gasteiger partial charge is 0.475 e. The summed E-state index contributed by atoms with van der Waals surface area (Å²) in [5, 5.41) is 8.90. The zero-order valence-corrected chi connectivity index (χ0v) is 10.4. The molecule has 0 unspecified atom stereocenters. The van der Waals surface area contributed by atoms with E-state index in [0.29, 0.717) is 11.8 Å². The van der Waals surface area contributed by atoms with Crippen LogP contribution in [0.15, 0.2) is 10.5 Å². The van der Waals surface area contributed by atoms with Crippen LogP contribution in [0.5, 0.6) is 0 Å². The van der Waals surface area contributed by atoms with Gasteiger partial charge in [0.15, 0.2) is 0 Å². The minimum Gasteiger partial charge on any atom is -0.475 e. The average molecular weight is 224 g/mol. The van der Waals surface area contributed by atoms with Gasteiger partial charge in [-0.15, -0.1) is 0 Å². The summed E-state index contributed by atoms with van der Waals surface area (Å²) in [6.45, 7) is 8.43. The fourth-order valence-corrected chi connectivity index (χ4v) is 1.73. The van der Waals surface area contributed by atoms with Gasteiger partial charge in [0.1, 0.15) is 5.76 Å². The molecule has 0 spiro atoms. The normalized spacial score (nSPS) is 11.4. The number of carboxylic acids is 1. The van der Waals surface area contributed by atoms with Gasteiger partial charge in [0.05, 0.1) is 0 Å². The number of carboxylic acid groups (broad SMARTS) is 1. The van der Waals surface area contributed by atoms with Crippen LogP contribution in [0.4, 0.5) is 0 Å². The highest BCUT2D eigenvalue weighted by molar-refractivity contribution is 5.84. The SMILES string of the molecule is CC(C)Cc1cc(C(=O)O)oc1CC(C)C. The number of rotatable bonds is 5. The fourth-order valence-electron chi connectivity index (χ4n) is 1.73. The molecule has 1 aromatic rings. The lowest BCUT2D eigenvalue weighted by atomic mass is 9.99. The molecule has 0 aromatic carbocycles. The van der Waals surface area contributed by atoms with Gasteiger partial charge in [0, 0.05) is 6.42 Å². The molecule has 3 heteroatoms. The van der Waals surface area contributed by atoms with Crippen LogP contribution in [-0.2, 0) is 12.8 Å². The highest BCUT2D eigenvalue weighted by Gasteiger charge is 2.17. The van der Waals surface area contributed by atoms with Gasteiger partial charge in [0.25, 0.3) is 0 Å². The van der Waals surface area contributed by atoms with Crippen LogP contribution in [0, 0.1) is 11.8 Å². The molecular formula is C13H20O3. The fraction of sp³-hybridized carbons (Fsp3) is 0.615. The summed E-state index contributed by atoms with van der Waals surface area (Å²) in [4.78, 5) is 10.8. The van der Waals surface area contributed by atoms with Gasteiger partial charge in [-0.25, -0.2) is 4.79 Å². The van der Waals surface area contributed by atoms with E-state index in [1.165, 1.54) is 0 Å². The summed E-state index contributed by atoms with van der Waals surface area (Å²) >= 11 is 0. The van der Waals surface area contributed by atoms with Crippen LogP contribution in [0.1, 0.15) is 49.6 Å². The maximum absolute atomic E-state index is 10.8. The second-order valence-electron chi connectivity index (χ2n) is 5.06. The van der Waals surface area contributed by atoms with Crippen molar-refractivity contribution >= 4 is 5.97 Å². The van der Waals surface area contributed by atoms with Crippen molar-refractivity contribution in [3.8, 4) is 0 Å². The van der Waals surface area contributed by atoms with E-state index in [4.69, 9.17) is 9.52 Å². The predicted molar refractivity (Wildman–Crippen MR) is 62.8 cm³/mol. The number of hydrogen-bond donors (Lipinski definition) is 1. The Morgan fingerprint density at radius 3 is 2.25 bits per heavy atom. The molecule has 1 rings (SSSR count). The Bertz CT molecular complexity index is 334. The number of furan rings is 1. The van der Waals surface area contributed by atoms with Crippen LogP contribution in [0.3, 0.4) is 0 Å². The molecule has 0 aliphatic carbocycles. The van der Waals surface area contributed by atoms with E-state index in [0.717, 1.165) is 24.2 Å². The molecule has 16 heavy (non-hydrogen) atoms. The van der Waals surface area contributed by atoms with Crippen LogP contribution >= 0.6 is 0 Å². The minimum absolute atomic E-state index is 0.0614. The third-order valence-corrected chi connectivity index (χ3v) is 2.33. The Kier molecular flexibility index (Phi) is 4.16. The smallest absolute Gasteiger partial charge is 0.371 e. The average Bonchev–Trinajstić information content (AvgIpc) is 2.46. The highest BCUT2D eigenvalue weighted by Crippen LogP contribution is 2.22. The van der Waals surface area contributed by atoms with Crippen LogP contribution < -0.4 is 0 Å². The molecule has 1 heterocycles.